The van der Waals surface area contributed by atoms with Gasteiger partial charge in [0.25, 0.3) is 0 Å². The third-order valence-corrected chi connectivity index (χ3v) is 2.78. The van der Waals surface area contributed by atoms with Crippen LogP contribution in [0.2, 0.25) is 0 Å². The third-order valence-electron chi connectivity index (χ3n) is 2.78. The maximum atomic E-state index is 2.49. The molecule has 0 N–H and O–H groups in total. The lowest BCUT2D eigenvalue weighted by Gasteiger charge is -2.28. The maximum Gasteiger partial charge on any atom is -0.0355 e. The van der Waals surface area contributed by atoms with E-state index in [1.807, 2.05) is 0 Å². The fourth-order valence-electron chi connectivity index (χ4n) is 1.73. The van der Waals surface area contributed by atoms with Gasteiger partial charge in [0.15, 0.2) is 0 Å². The van der Waals surface area contributed by atoms with E-state index < -0.39 is 0 Å². The van der Waals surface area contributed by atoms with Gasteiger partial charge < -0.3 is 0 Å². The van der Waals surface area contributed by atoms with Gasteiger partial charge in [0.05, 0.1) is 0 Å². The topological polar surface area (TPSA) is 0 Å². The van der Waals surface area contributed by atoms with E-state index in [-0.39, 0.29) is 0 Å². The Morgan fingerprint density at radius 1 is 1.30 bits per heavy atom. The highest BCUT2D eigenvalue weighted by Gasteiger charge is 2.20. The molecule has 0 aromatic heterocycles. The second-order valence-electron chi connectivity index (χ2n) is 4.03. The Bertz CT molecular complexity index is 86.2. The summed E-state index contributed by atoms with van der Waals surface area (Å²) in [5.74, 6) is 2.76. The van der Waals surface area contributed by atoms with Crippen molar-refractivity contribution in [1.29, 1.82) is 0 Å². The van der Waals surface area contributed by atoms with Crippen molar-refractivity contribution >= 4 is 0 Å². The maximum absolute atomic E-state index is 2.49. The molecule has 1 rings (SSSR count). The lowest BCUT2D eigenvalue weighted by atomic mass is 9.78. The van der Waals surface area contributed by atoms with Crippen LogP contribution >= 0.6 is 0 Å². The highest BCUT2D eigenvalue weighted by atomic mass is 14.3. The summed E-state index contributed by atoms with van der Waals surface area (Å²) in [6.45, 7) is 7.01. The van der Waals surface area contributed by atoms with Crippen LogP contribution in [0.25, 0.3) is 0 Å². The highest BCUT2D eigenvalue weighted by Crippen LogP contribution is 2.31. The fraction of sp³-hybridized carbons (Fsp3) is 0.900. The average Bonchev–Trinajstić information content (AvgIpc) is 1.88. The number of rotatable bonds is 1. The van der Waals surface area contributed by atoms with E-state index in [0.29, 0.717) is 0 Å². The summed E-state index contributed by atoms with van der Waals surface area (Å²) in [5, 5.41) is 0. The van der Waals surface area contributed by atoms with Gasteiger partial charge in [-0.1, -0.05) is 27.2 Å². The van der Waals surface area contributed by atoms with E-state index in [0.717, 1.165) is 17.8 Å². The van der Waals surface area contributed by atoms with Gasteiger partial charge in [0, 0.05) is 0 Å². The van der Waals surface area contributed by atoms with Crippen molar-refractivity contribution in [2.24, 2.45) is 17.8 Å². The van der Waals surface area contributed by atoms with Crippen molar-refractivity contribution in [2.45, 2.75) is 40.0 Å². The summed E-state index contributed by atoms with van der Waals surface area (Å²) in [4.78, 5) is 0. The van der Waals surface area contributed by atoms with Crippen molar-refractivity contribution in [1.82, 2.24) is 0 Å². The Labute approximate surface area is 65.0 Å². The molecule has 1 saturated carbocycles. The molecule has 0 heteroatoms. The van der Waals surface area contributed by atoms with Gasteiger partial charge in [0.2, 0.25) is 0 Å². The smallest absolute Gasteiger partial charge is 0.0355 e. The van der Waals surface area contributed by atoms with E-state index in [9.17, 15) is 0 Å². The van der Waals surface area contributed by atoms with E-state index in [4.69, 9.17) is 0 Å². The lowest BCUT2D eigenvalue weighted by molar-refractivity contribution is 0.283. The first kappa shape index (κ1) is 8.10. The SMILES string of the molecule is CC(C)[C@@H]1C[CH][C@H](C)CC1. The van der Waals surface area contributed by atoms with Crippen LogP contribution < -0.4 is 0 Å². The summed E-state index contributed by atoms with van der Waals surface area (Å²) < 4.78 is 0. The average molecular weight is 139 g/mol. The molecule has 0 spiro atoms. The van der Waals surface area contributed by atoms with Gasteiger partial charge in [-0.05, 0) is 37.0 Å². The molecule has 0 aromatic rings. The Balaban J connectivity index is 2.26. The van der Waals surface area contributed by atoms with Crippen LogP contribution in [0.3, 0.4) is 0 Å². The normalized spacial score (nSPS) is 34.8. The van der Waals surface area contributed by atoms with E-state index in [1.165, 1.54) is 19.3 Å². The molecule has 1 aliphatic carbocycles. The zero-order chi connectivity index (χ0) is 7.56. The van der Waals surface area contributed by atoms with E-state index in [1.54, 1.807) is 0 Å². The van der Waals surface area contributed by atoms with E-state index >= 15 is 0 Å². The Kier molecular flexibility index (Phi) is 2.76. The molecule has 1 radical (unpaired) electrons. The molecule has 0 heterocycles. The summed E-state index contributed by atoms with van der Waals surface area (Å²) in [5.41, 5.74) is 0. The predicted octanol–water partition coefficient (Wildman–Crippen LogP) is 3.28. The van der Waals surface area contributed by atoms with Crippen LogP contribution in [0, 0.1) is 24.2 Å². The molecule has 59 valence electrons. The zero-order valence-corrected chi connectivity index (χ0v) is 7.43. The van der Waals surface area contributed by atoms with Gasteiger partial charge in [-0.3, -0.25) is 0 Å². The van der Waals surface area contributed by atoms with Gasteiger partial charge in [-0.2, -0.15) is 0 Å². The lowest BCUT2D eigenvalue weighted by Crippen LogP contribution is -2.17. The minimum absolute atomic E-state index is 0.884. The molecule has 1 fully saturated rings. The quantitative estimate of drug-likeness (QED) is 0.523. The fourth-order valence-corrected chi connectivity index (χ4v) is 1.73. The van der Waals surface area contributed by atoms with Gasteiger partial charge in [0.1, 0.15) is 0 Å². The van der Waals surface area contributed by atoms with Crippen molar-refractivity contribution in [3.8, 4) is 0 Å². The summed E-state index contributed by atoms with van der Waals surface area (Å²) in [6, 6.07) is 0. The zero-order valence-electron chi connectivity index (χ0n) is 7.43. The minimum atomic E-state index is 0.884. The van der Waals surface area contributed by atoms with Crippen LogP contribution in [-0.4, -0.2) is 0 Å². The molecule has 2 atom stereocenters. The second kappa shape index (κ2) is 3.41. The molecule has 0 bridgehead atoms. The summed E-state index contributed by atoms with van der Waals surface area (Å²) in [6.07, 6.45) is 6.73. The van der Waals surface area contributed by atoms with Gasteiger partial charge >= 0.3 is 0 Å². The van der Waals surface area contributed by atoms with Crippen LogP contribution in [-0.2, 0) is 0 Å². The number of hydrogen-bond acceptors (Lipinski definition) is 0. The second-order valence-corrected chi connectivity index (χ2v) is 4.03. The Hall–Kier alpha value is 0. The largest absolute Gasteiger partial charge is 0.0625 e. The first-order valence-electron chi connectivity index (χ1n) is 4.53. The molecule has 0 aromatic carbocycles. The molecular weight excluding hydrogens is 120 g/mol. The predicted molar refractivity (Wildman–Crippen MR) is 45.6 cm³/mol. The van der Waals surface area contributed by atoms with Gasteiger partial charge in [-0.15, -0.1) is 0 Å². The summed E-state index contributed by atoms with van der Waals surface area (Å²) in [7, 11) is 0. The van der Waals surface area contributed by atoms with Crippen molar-refractivity contribution in [3.05, 3.63) is 6.42 Å². The Morgan fingerprint density at radius 3 is 2.40 bits per heavy atom. The minimum Gasteiger partial charge on any atom is -0.0625 e. The Morgan fingerprint density at radius 2 is 2.00 bits per heavy atom. The van der Waals surface area contributed by atoms with Crippen molar-refractivity contribution in [2.75, 3.05) is 0 Å². The standard InChI is InChI=1S/C10H19/c1-8(2)10-6-4-9(3)5-7-10/h4,8-10H,5-7H2,1-3H3/t9-,10+/m0/s1. The monoisotopic (exact) mass is 139 g/mol. The van der Waals surface area contributed by atoms with Crippen LogP contribution in [0.4, 0.5) is 0 Å². The molecule has 0 saturated heterocycles. The molecule has 0 aliphatic heterocycles. The molecular formula is C10H19. The highest BCUT2D eigenvalue weighted by molar-refractivity contribution is 4.83. The van der Waals surface area contributed by atoms with E-state index in [2.05, 4.69) is 27.2 Å². The van der Waals surface area contributed by atoms with Crippen LogP contribution in [0.15, 0.2) is 0 Å². The first-order valence-corrected chi connectivity index (χ1v) is 4.53. The first-order chi connectivity index (χ1) is 4.70. The molecule has 0 amide bonds. The van der Waals surface area contributed by atoms with Crippen molar-refractivity contribution < 1.29 is 0 Å². The van der Waals surface area contributed by atoms with Crippen molar-refractivity contribution in [3.63, 3.8) is 0 Å². The molecule has 10 heavy (non-hydrogen) atoms. The number of hydrogen-bond donors (Lipinski definition) is 0. The van der Waals surface area contributed by atoms with Crippen LogP contribution in [0.5, 0.6) is 0 Å². The molecule has 0 nitrogen and oxygen atoms in total. The molecule has 0 unspecified atom stereocenters. The summed E-state index contributed by atoms with van der Waals surface area (Å²) >= 11 is 0. The van der Waals surface area contributed by atoms with Gasteiger partial charge in [-0.25, -0.2) is 0 Å². The third kappa shape index (κ3) is 2.00. The van der Waals surface area contributed by atoms with Crippen LogP contribution in [0.1, 0.15) is 40.0 Å². The molecule has 1 aliphatic rings.